The van der Waals surface area contributed by atoms with Crippen molar-refractivity contribution in [2.24, 2.45) is 0 Å². The average molecular weight is 299 g/mol. The number of nitrogens with one attached hydrogen (secondary N) is 1. The SMILES string of the molecule is C#[N+]C(C)(C)Oc1ccc([NH+]([O-])Oc2ccc(C)cc2)cc1. The van der Waals surface area contributed by atoms with Crippen LogP contribution < -0.4 is 14.8 Å². The van der Waals surface area contributed by atoms with Gasteiger partial charge in [0.1, 0.15) is 5.75 Å². The van der Waals surface area contributed by atoms with Crippen molar-refractivity contribution in [2.45, 2.75) is 26.5 Å². The van der Waals surface area contributed by atoms with Crippen LogP contribution in [0.4, 0.5) is 5.69 Å². The van der Waals surface area contributed by atoms with Crippen LogP contribution in [-0.2, 0) is 0 Å². The fraction of sp³-hybridized carbons (Fsp3) is 0.235. The van der Waals surface area contributed by atoms with Gasteiger partial charge in [-0.1, -0.05) is 17.7 Å². The number of ether oxygens (including phenoxy) is 1. The Kier molecular flexibility index (Phi) is 4.66. The molecule has 22 heavy (non-hydrogen) atoms. The minimum absolute atomic E-state index is 0.418. The van der Waals surface area contributed by atoms with Crippen molar-refractivity contribution in [3.05, 3.63) is 64.1 Å². The monoisotopic (exact) mass is 299 g/mol. The molecule has 0 saturated carbocycles. The Balaban J connectivity index is 2.03. The molecule has 0 fully saturated rings. The highest BCUT2D eigenvalue weighted by Crippen LogP contribution is 2.20. The zero-order valence-electron chi connectivity index (χ0n) is 12.9. The molecule has 1 atom stereocenters. The number of hydrogen-bond donors (Lipinski definition) is 1. The largest absolute Gasteiger partial charge is 0.585 e. The number of benzene rings is 2. The molecular weight excluding hydrogens is 280 g/mol. The predicted molar refractivity (Wildman–Crippen MR) is 85.2 cm³/mol. The number of quaternary nitrogens is 1. The number of rotatable bonds is 5. The summed E-state index contributed by atoms with van der Waals surface area (Å²) >= 11 is 0. The van der Waals surface area contributed by atoms with Gasteiger partial charge in [0, 0.05) is 12.1 Å². The van der Waals surface area contributed by atoms with Gasteiger partial charge in [0.25, 0.3) is 6.57 Å². The van der Waals surface area contributed by atoms with E-state index >= 15 is 0 Å². The van der Waals surface area contributed by atoms with E-state index in [9.17, 15) is 5.21 Å². The summed E-state index contributed by atoms with van der Waals surface area (Å²) in [4.78, 5) is 8.92. The Morgan fingerprint density at radius 2 is 1.55 bits per heavy atom. The Bertz CT molecular complexity index is 658. The van der Waals surface area contributed by atoms with Crippen molar-refractivity contribution in [3.63, 3.8) is 0 Å². The lowest BCUT2D eigenvalue weighted by Gasteiger charge is -2.20. The van der Waals surface area contributed by atoms with E-state index in [0.29, 0.717) is 17.2 Å². The fourth-order valence-electron chi connectivity index (χ4n) is 1.75. The molecular formula is C17H19N2O3+. The molecule has 0 spiro atoms. The highest BCUT2D eigenvalue weighted by Gasteiger charge is 2.29. The second-order valence-corrected chi connectivity index (χ2v) is 5.40. The molecule has 0 amide bonds. The van der Waals surface area contributed by atoms with Crippen LogP contribution in [0.3, 0.4) is 0 Å². The Morgan fingerprint density at radius 1 is 1.00 bits per heavy atom. The van der Waals surface area contributed by atoms with E-state index in [1.807, 2.05) is 19.1 Å². The summed E-state index contributed by atoms with van der Waals surface area (Å²) in [5.41, 5.74) is 0.730. The third kappa shape index (κ3) is 4.22. The first-order valence-electron chi connectivity index (χ1n) is 6.90. The fourth-order valence-corrected chi connectivity index (χ4v) is 1.75. The summed E-state index contributed by atoms with van der Waals surface area (Å²) in [5.74, 6) is 1.09. The maximum atomic E-state index is 12.1. The lowest BCUT2D eigenvalue weighted by Crippen LogP contribution is -3.04. The average Bonchev–Trinajstić information content (AvgIpc) is 2.50. The first-order chi connectivity index (χ1) is 10.4. The molecule has 0 saturated heterocycles. The maximum absolute atomic E-state index is 12.1. The van der Waals surface area contributed by atoms with Crippen LogP contribution in [0, 0.1) is 18.7 Å². The van der Waals surface area contributed by atoms with Gasteiger partial charge < -0.3 is 14.8 Å². The summed E-state index contributed by atoms with van der Waals surface area (Å²) in [7, 11) is 0. The van der Waals surface area contributed by atoms with Crippen LogP contribution in [-0.4, -0.2) is 5.72 Å². The summed E-state index contributed by atoms with van der Waals surface area (Å²) in [6, 6.07) is 13.9. The molecule has 1 unspecified atom stereocenters. The molecule has 0 aliphatic carbocycles. The quantitative estimate of drug-likeness (QED) is 0.863. The molecule has 5 nitrogen and oxygen atoms in total. The molecule has 2 aromatic rings. The van der Waals surface area contributed by atoms with Crippen molar-refractivity contribution in [2.75, 3.05) is 0 Å². The standard InChI is InChI=1S/C17H19N2O3/c1-13-5-9-16(10-6-13)22-19(20)14-7-11-15(12-8-14)21-17(2,3)18-4/h4-12,19H,1-3H3/q+1. The second kappa shape index (κ2) is 6.48. The molecule has 0 aromatic heterocycles. The lowest BCUT2D eigenvalue weighted by molar-refractivity contribution is -0.963. The van der Waals surface area contributed by atoms with Gasteiger partial charge in [-0.3, -0.25) is 0 Å². The summed E-state index contributed by atoms with van der Waals surface area (Å²) in [6.07, 6.45) is 0. The van der Waals surface area contributed by atoms with Gasteiger partial charge in [0.2, 0.25) is 0 Å². The third-order valence-corrected chi connectivity index (χ3v) is 3.00. The topological polar surface area (TPSA) is 50.3 Å². The molecule has 0 heterocycles. The molecule has 0 aliphatic heterocycles. The predicted octanol–water partition coefficient (Wildman–Crippen LogP) is 3.08. The third-order valence-electron chi connectivity index (χ3n) is 3.00. The summed E-state index contributed by atoms with van der Waals surface area (Å²) < 4.78 is 5.57. The number of nitrogens with zero attached hydrogens (tertiary/aromatic N) is 1. The Labute approximate surface area is 130 Å². The first-order valence-corrected chi connectivity index (χ1v) is 6.90. The smallest absolute Gasteiger partial charge is 0.416 e. The molecule has 0 bridgehead atoms. The van der Waals surface area contributed by atoms with Crippen LogP contribution >= 0.6 is 0 Å². The highest BCUT2D eigenvalue weighted by atomic mass is 16.9. The van der Waals surface area contributed by atoms with E-state index in [1.165, 1.54) is 0 Å². The van der Waals surface area contributed by atoms with Gasteiger partial charge in [-0.25, -0.2) is 0 Å². The van der Waals surface area contributed by atoms with Crippen LogP contribution in [0.1, 0.15) is 19.4 Å². The van der Waals surface area contributed by atoms with Crippen LogP contribution in [0.15, 0.2) is 48.5 Å². The second-order valence-electron chi connectivity index (χ2n) is 5.40. The molecule has 2 rings (SSSR count). The number of hydrogen-bond acceptors (Lipinski definition) is 3. The van der Waals surface area contributed by atoms with E-state index in [-0.39, 0.29) is 0 Å². The lowest BCUT2D eigenvalue weighted by atomic mass is 10.2. The zero-order valence-corrected chi connectivity index (χ0v) is 12.9. The van der Waals surface area contributed by atoms with Crippen molar-refractivity contribution in [1.82, 2.24) is 0 Å². The van der Waals surface area contributed by atoms with Crippen LogP contribution in [0.2, 0.25) is 0 Å². The van der Waals surface area contributed by atoms with E-state index < -0.39 is 11.0 Å². The minimum Gasteiger partial charge on any atom is -0.585 e. The van der Waals surface area contributed by atoms with Crippen molar-refractivity contribution in [3.8, 4) is 18.1 Å². The first kappa shape index (κ1) is 15.8. The molecule has 0 aliphatic rings. The van der Waals surface area contributed by atoms with Crippen LogP contribution in [0.5, 0.6) is 11.5 Å². The van der Waals surface area contributed by atoms with Gasteiger partial charge in [-0.15, -0.1) is 5.23 Å². The Morgan fingerprint density at radius 3 is 2.09 bits per heavy atom. The molecule has 1 N–H and O–H groups in total. The van der Waals surface area contributed by atoms with Crippen molar-refractivity contribution < 1.29 is 14.8 Å². The molecule has 2 aromatic carbocycles. The molecule has 0 radical (unpaired) electrons. The van der Waals surface area contributed by atoms with Gasteiger partial charge in [0.05, 0.1) is 13.8 Å². The number of aryl methyl sites for hydroxylation is 1. The molecule has 114 valence electrons. The van der Waals surface area contributed by atoms with Crippen molar-refractivity contribution >= 4 is 5.69 Å². The maximum Gasteiger partial charge on any atom is 0.416 e. The van der Waals surface area contributed by atoms with Crippen LogP contribution in [0.25, 0.3) is 4.85 Å². The Hall–Kier alpha value is -2.55. The van der Waals surface area contributed by atoms with E-state index in [4.69, 9.17) is 16.1 Å². The van der Waals surface area contributed by atoms with Crippen molar-refractivity contribution in [1.29, 1.82) is 0 Å². The minimum atomic E-state index is -0.816. The zero-order chi connectivity index (χ0) is 16.2. The van der Waals surface area contributed by atoms with Gasteiger partial charge in [-0.05, 0) is 36.0 Å². The van der Waals surface area contributed by atoms with Gasteiger partial charge in [-0.2, -0.15) is 0 Å². The van der Waals surface area contributed by atoms with E-state index in [2.05, 4.69) is 4.85 Å². The van der Waals surface area contributed by atoms with Gasteiger partial charge in [0.15, 0.2) is 11.4 Å². The normalized spacial score (nSPS) is 12.3. The van der Waals surface area contributed by atoms with E-state index in [1.54, 1.807) is 50.2 Å². The highest BCUT2D eigenvalue weighted by molar-refractivity contribution is 5.36. The molecule has 5 heteroatoms. The van der Waals surface area contributed by atoms with E-state index in [0.717, 1.165) is 5.56 Å². The van der Waals surface area contributed by atoms with Gasteiger partial charge >= 0.3 is 5.72 Å². The summed E-state index contributed by atoms with van der Waals surface area (Å²) in [5, 5.41) is 11.6. The summed E-state index contributed by atoms with van der Waals surface area (Å²) in [6.45, 7) is 10.7.